The van der Waals surface area contributed by atoms with Crippen LogP contribution in [-0.4, -0.2) is 29.0 Å². The predicted molar refractivity (Wildman–Crippen MR) is 110 cm³/mol. The van der Waals surface area contributed by atoms with Crippen molar-refractivity contribution < 1.29 is 24.5 Å². The number of nitrogens with zero attached hydrogens (tertiary/aromatic N) is 1. The monoisotopic (exact) mass is 395 g/mol. The van der Waals surface area contributed by atoms with Gasteiger partial charge in [0.05, 0.1) is 25.3 Å². The van der Waals surface area contributed by atoms with E-state index in [0.717, 1.165) is 0 Å². The summed E-state index contributed by atoms with van der Waals surface area (Å²) in [5, 5.41) is 20.0. The molecular weight excluding hydrogens is 370 g/mol. The fourth-order valence-corrected chi connectivity index (χ4v) is 3.46. The minimum atomic E-state index is -0.828. The summed E-state index contributed by atoms with van der Waals surface area (Å²) in [5.41, 5.74) is 1.06. The van der Waals surface area contributed by atoms with Crippen LogP contribution < -0.4 is 9.64 Å². The molecule has 1 aliphatic heterocycles. The van der Waals surface area contributed by atoms with Crippen molar-refractivity contribution in [1.82, 2.24) is 0 Å². The van der Waals surface area contributed by atoms with Gasteiger partial charge in [0, 0.05) is 16.7 Å². The number of benzene rings is 2. The van der Waals surface area contributed by atoms with E-state index in [1.807, 2.05) is 0 Å². The van der Waals surface area contributed by atoms with E-state index in [1.165, 1.54) is 12.0 Å². The minimum absolute atomic E-state index is 0.0539. The van der Waals surface area contributed by atoms with Crippen LogP contribution in [0.15, 0.2) is 59.9 Å². The zero-order valence-corrected chi connectivity index (χ0v) is 17.0. The van der Waals surface area contributed by atoms with Crippen molar-refractivity contribution in [2.45, 2.75) is 33.4 Å². The third kappa shape index (κ3) is 3.63. The third-order valence-corrected chi connectivity index (χ3v) is 4.96. The van der Waals surface area contributed by atoms with Crippen molar-refractivity contribution in [3.05, 3.63) is 71.0 Å². The van der Waals surface area contributed by atoms with E-state index in [0.29, 0.717) is 22.6 Å². The van der Waals surface area contributed by atoms with E-state index in [4.69, 9.17) is 4.74 Å². The number of methoxy groups -OCH3 is 1. The summed E-state index contributed by atoms with van der Waals surface area (Å²) in [6, 6.07) is 13.1. The first-order valence-corrected chi connectivity index (χ1v) is 9.35. The summed E-state index contributed by atoms with van der Waals surface area (Å²) in [6.07, 6.45) is 0. The molecule has 0 saturated heterocycles. The van der Waals surface area contributed by atoms with E-state index in [2.05, 4.69) is 0 Å². The molecular formula is C23H25NO5. The Hall–Kier alpha value is -3.12. The standard InChI is InChI=1S/C23H25NO5/c1-23(2,3)21(27)18-19(16-7-5-6-8-17(16)29-4)24(22(28)20(18)26)15-11-9-14(13-25)10-12-15/h5-12,19,25-26H,13H2,1-4H3. The smallest absolute Gasteiger partial charge is 0.294 e. The van der Waals surface area contributed by atoms with Crippen LogP contribution in [0.1, 0.15) is 37.9 Å². The number of ketones is 1. The van der Waals surface area contributed by atoms with Crippen LogP contribution in [0.25, 0.3) is 0 Å². The highest BCUT2D eigenvalue weighted by atomic mass is 16.5. The molecule has 0 radical (unpaired) electrons. The molecule has 1 atom stereocenters. The summed E-state index contributed by atoms with van der Waals surface area (Å²) in [7, 11) is 1.52. The fraction of sp³-hybridized carbons (Fsp3) is 0.304. The van der Waals surface area contributed by atoms with Crippen LogP contribution in [0, 0.1) is 5.41 Å². The van der Waals surface area contributed by atoms with Crippen molar-refractivity contribution in [3.63, 3.8) is 0 Å². The molecule has 2 aromatic carbocycles. The number of hydrogen-bond donors (Lipinski definition) is 2. The molecule has 29 heavy (non-hydrogen) atoms. The first kappa shape index (κ1) is 20.6. The van der Waals surface area contributed by atoms with Crippen molar-refractivity contribution in [3.8, 4) is 5.75 Å². The number of carbonyl (C=O) groups excluding carboxylic acids is 2. The van der Waals surface area contributed by atoms with Crippen LogP contribution in [0.4, 0.5) is 5.69 Å². The molecule has 1 aliphatic rings. The number of hydrogen-bond acceptors (Lipinski definition) is 5. The summed E-state index contributed by atoms with van der Waals surface area (Å²) in [6.45, 7) is 5.12. The number of aliphatic hydroxyl groups is 2. The number of amides is 1. The topological polar surface area (TPSA) is 87.1 Å². The molecule has 2 N–H and O–H groups in total. The van der Waals surface area contributed by atoms with Gasteiger partial charge in [0.2, 0.25) is 0 Å². The first-order valence-electron chi connectivity index (χ1n) is 9.35. The highest BCUT2D eigenvalue weighted by molar-refractivity contribution is 6.17. The molecule has 0 aliphatic carbocycles. The third-order valence-electron chi connectivity index (χ3n) is 4.96. The maximum absolute atomic E-state index is 13.2. The Morgan fingerprint density at radius 2 is 1.72 bits per heavy atom. The molecule has 0 saturated carbocycles. The lowest BCUT2D eigenvalue weighted by molar-refractivity contribution is -0.123. The number of Topliss-reactive ketones (excluding diaryl/α,β-unsaturated/α-hetero) is 1. The van der Waals surface area contributed by atoms with Crippen molar-refractivity contribution >= 4 is 17.4 Å². The van der Waals surface area contributed by atoms with Gasteiger partial charge in [0.15, 0.2) is 11.5 Å². The zero-order chi connectivity index (χ0) is 21.3. The van der Waals surface area contributed by atoms with Crippen LogP contribution >= 0.6 is 0 Å². The SMILES string of the molecule is COc1ccccc1C1C(C(=O)C(C)(C)C)=C(O)C(=O)N1c1ccc(CO)cc1. The molecule has 6 nitrogen and oxygen atoms in total. The van der Waals surface area contributed by atoms with Gasteiger partial charge in [0.1, 0.15) is 5.75 Å². The first-order chi connectivity index (χ1) is 13.7. The average Bonchev–Trinajstić information content (AvgIpc) is 2.97. The second kappa shape index (κ2) is 7.72. The molecule has 0 bridgehead atoms. The lowest BCUT2D eigenvalue weighted by atomic mass is 9.82. The molecule has 0 aromatic heterocycles. The van der Waals surface area contributed by atoms with Crippen molar-refractivity contribution in [1.29, 1.82) is 0 Å². The summed E-state index contributed by atoms with van der Waals surface area (Å²) >= 11 is 0. The Labute approximate surface area is 170 Å². The Balaban J connectivity index is 2.22. The molecule has 1 heterocycles. The van der Waals surface area contributed by atoms with Crippen LogP contribution in [0.5, 0.6) is 5.75 Å². The molecule has 0 spiro atoms. The number of rotatable bonds is 5. The Morgan fingerprint density at radius 1 is 1.10 bits per heavy atom. The number of carbonyl (C=O) groups is 2. The Bertz CT molecular complexity index is 970. The number of anilines is 1. The molecule has 1 amide bonds. The molecule has 3 rings (SSSR count). The van der Waals surface area contributed by atoms with Gasteiger partial charge in [-0.25, -0.2) is 0 Å². The average molecular weight is 395 g/mol. The van der Waals surface area contributed by atoms with Crippen molar-refractivity contribution in [2.24, 2.45) is 5.41 Å². The maximum Gasteiger partial charge on any atom is 0.294 e. The van der Waals surface area contributed by atoms with Crippen LogP contribution in [0.3, 0.4) is 0 Å². The second-order valence-electron chi connectivity index (χ2n) is 7.99. The van der Waals surface area contributed by atoms with Gasteiger partial charge in [-0.05, 0) is 23.8 Å². The lowest BCUT2D eigenvalue weighted by Gasteiger charge is -2.29. The zero-order valence-electron chi connectivity index (χ0n) is 17.0. The van der Waals surface area contributed by atoms with Gasteiger partial charge in [-0.15, -0.1) is 0 Å². The normalized spacial score (nSPS) is 17.1. The van der Waals surface area contributed by atoms with Gasteiger partial charge in [0.25, 0.3) is 5.91 Å². The van der Waals surface area contributed by atoms with Crippen molar-refractivity contribution in [2.75, 3.05) is 12.0 Å². The van der Waals surface area contributed by atoms with E-state index in [1.54, 1.807) is 69.3 Å². The van der Waals surface area contributed by atoms with E-state index >= 15 is 0 Å². The molecule has 1 unspecified atom stereocenters. The number of aliphatic hydroxyl groups excluding tert-OH is 2. The maximum atomic E-state index is 13.2. The molecule has 0 fully saturated rings. The fourth-order valence-electron chi connectivity index (χ4n) is 3.46. The minimum Gasteiger partial charge on any atom is -0.503 e. The predicted octanol–water partition coefficient (Wildman–Crippen LogP) is 3.70. The molecule has 2 aromatic rings. The molecule has 152 valence electrons. The highest BCUT2D eigenvalue weighted by Crippen LogP contribution is 2.45. The van der Waals surface area contributed by atoms with Gasteiger partial charge < -0.3 is 14.9 Å². The quantitative estimate of drug-likeness (QED) is 0.806. The number of para-hydroxylation sites is 1. The van der Waals surface area contributed by atoms with Crippen LogP contribution in [0.2, 0.25) is 0 Å². The molecule has 6 heteroatoms. The summed E-state index contributed by atoms with van der Waals surface area (Å²) in [5.74, 6) is -0.998. The largest absolute Gasteiger partial charge is 0.503 e. The van der Waals surface area contributed by atoms with Gasteiger partial charge in [-0.3, -0.25) is 14.5 Å². The van der Waals surface area contributed by atoms with E-state index in [9.17, 15) is 19.8 Å². The highest BCUT2D eigenvalue weighted by Gasteiger charge is 2.47. The summed E-state index contributed by atoms with van der Waals surface area (Å²) < 4.78 is 5.48. The van der Waals surface area contributed by atoms with E-state index in [-0.39, 0.29) is 18.0 Å². The van der Waals surface area contributed by atoms with Gasteiger partial charge in [-0.1, -0.05) is 51.1 Å². The lowest BCUT2D eigenvalue weighted by Crippen LogP contribution is -2.33. The number of ether oxygens (including phenoxy) is 1. The second-order valence-corrected chi connectivity index (χ2v) is 7.99. The Morgan fingerprint density at radius 3 is 2.28 bits per heavy atom. The van der Waals surface area contributed by atoms with Gasteiger partial charge >= 0.3 is 0 Å². The van der Waals surface area contributed by atoms with Gasteiger partial charge in [-0.2, -0.15) is 0 Å². The summed E-state index contributed by atoms with van der Waals surface area (Å²) in [4.78, 5) is 27.7. The van der Waals surface area contributed by atoms with Crippen LogP contribution in [-0.2, 0) is 16.2 Å². The Kier molecular flexibility index (Phi) is 5.48. The van der Waals surface area contributed by atoms with E-state index < -0.39 is 23.1 Å².